The number of nitrogen functional groups attached to an aromatic ring is 1. The highest BCUT2D eigenvalue weighted by Crippen LogP contribution is 2.21. The lowest BCUT2D eigenvalue weighted by atomic mass is 10.1. The largest absolute Gasteiger partial charge is 0.508 e. The van der Waals surface area contributed by atoms with Crippen molar-refractivity contribution in [1.29, 1.82) is 0 Å². The summed E-state index contributed by atoms with van der Waals surface area (Å²) in [7, 11) is 0. The van der Waals surface area contributed by atoms with Crippen LogP contribution in [0.15, 0.2) is 36.4 Å². The third-order valence-electron chi connectivity index (χ3n) is 1.85. The van der Waals surface area contributed by atoms with Crippen molar-refractivity contribution in [3.8, 4) is 5.75 Å². The molecular weight excluding hydrogens is 186 g/mol. The van der Waals surface area contributed by atoms with Gasteiger partial charge in [0.1, 0.15) is 5.75 Å². The summed E-state index contributed by atoms with van der Waals surface area (Å²) in [6.45, 7) is 0. The van der Waals surface area contributed by atoms with Crippen molar-refractivity contribution in [1.82, 2.24) is 0 Å². The van der Waals surface area contributed by atoms with Crippen molar-refractivity contribution in [2.75, 3.05) is 5.73 Å². The first-order valence-electron chi connectivity index (χ1n) is 3.74. The lowest BCUT2D eigenvalue weighted by molar-refractivity contribution is 0.476. The van der Waals surface area contributed by atoms with Crippen LogP contribution >= 0.6 is 12.4 Å². The van der Waals surface area contributed by atoms with Crippen LogP contribution < -0.4 is 5.73 Å². The van der Waals surface area contributed by atoms with Gasteiger partial charge >= 0.3 is 0 Å². The van der Waals surface area contributed by atoms with E-state index in [2.05, 4.69) is 0 Å². The van der Waals surface area contributed by atoms with Gasteiger partial charge in [-0.3, -0.25) is 0 Å². The number of rotatable bonds is 0. The van der Waals surface area contributed by atoms with Crippen molar-refractivity contribution >= 4 is 28.9 Å². The van der Waals surface area contributed by atoms with Gasteiger partial charge in [0.05, 0.1) is 0 Å². The number of halogens is 1. The molecule has 2 aromatic rings. The first-order valence-corrected chi connectivity index (χ1v) is 3.74. The predicted octanol–water partition coefficient (Wildman–Crippen LogP) is 2.55. The minimum atomic E-state index is 0. The summed E-state index contributed by atoms with van der Waals surface area (Å²) in [5.41, 5.74) is 6.31. The molecule has 3 heteroatoms. The Morgan fingerprint density at radius 2 is 1.62 bits per heavy atom. The van der Waals surface area contributed by atoms with Gasteiger partial charge in [-0.1, -0.05) is 12.1 Å². The fourth-order valence-corrected chi connectivity index (χ4v) is 1.25. The number of fused-ring (bicyclic) bond motifs is 1. The van der Waals surface area contributed by atoms with Crippen LogP contribution in [0, 0.1) is 0 Å². The first-order chi connectivity index (χ1) is 5.75. The van der Waals surface area contributed by atoms with Gasteiger partial charge < -0.3 is 10.8 Å². The van der Waals surface area contributed by atoms with Crippen LogP contribution in [0.25, 0.3) is 10.8 Å². The Hall–Kier alpha value is -1.41. The van der Waals surface area contributed by atoms with Gasteiger partial charge in [0.25, 0.3) is 0 Å². The summed E-state index contributed by atoms with van der Waals surface area (Å²) in [5, 5.41) is 11.2. The van der Waals surface area contributed by atoms with Crippen LogP contribution in [-0.4, -0.2) is 5.11 Å². The molecule has 0 aliphatic rings. The molecule has 0 aliphatic carbocycles. The van der Waals surface area contributed by atoms with E-state index in [4.69, 9.17) is 5.73 Å². The van der Waals surface area contributed by atoms with Gasteiger partial charge in [-0.25, -0.2) is 0 Å². The molecule has 0 amide bonds. The lowest BCUT2D eigenvalue weighted by Gasteiger charge is -1.99. The van der Waals surface area contributed by atoms with E-state index >= 15 is 0 Å². The van der Waals surface area contributed by atoms with Crippen molar-refractivity contribution in [2.24, 2.45) is 0 Å². The molecule has 2 rings (SSSR count). The van der Waals surface area contributed by atoms with E-state index in [-0.39, 0.29) is 18.2 Å². The third-order valence-corrected chi connectivity index (χ3v) is 1.85. The Bertz CT molecular complexity index is 391. The van der Waals surface area contributed by atoms with Gasteiger partial charge in [0.2, 0.25) is 0 Å². The van der Waals surface area contributed by atoms with E-state index in [0.29, 0.717) is 5.69 Å². The Kier molecular flexibility index (Phi) is 2.63. The summed E-state index contributed by atoms with van der Waals surface area (Å²) < 4.78 is 0. The molecular formula is C10H10ClNO. The van der Waals surface area contributed by atoms with Crippen molar-refractivity contribution in [3.05, 3.63) is 36.4 Å². The monoisotopic (exact) mass is 195 g/mol. The van der Waals surface area contributed by atoms with Crippen LogP contribution in [0.5, 0.6) is 5.75 Å². The second kappa shape index (κ2) is 3.54. The number of nitrogens with two attached hydrogens (primary N) is 1. The number of phenols is 1. The zero-order valence-corrected chi connectivity index (χ0v) is 7.71. The van der Waals surface area contributed by atoms with E-state index in [1.165, 1.54) is 0 Å². The molecule has 0 radical (unpaired) electrons. The highest BCUT2D eigenvalue weighted by atomic mass is 35.5. The maximum Gasteiger partial charge on any atom is 0.116 e. The van der Waals surface area contributed by atoms with Crippen LogP contribution in [-0.2, 0) is 0 Å². The molecule has 0 saturated carbocycles. The molecule has 0 spiro atoms. The summed E-state index contributed by atoms with van der Waals surface area (Å²) in [4.78, 5) is 0. The normalized spacial score (nSPS) is 9.54. The molecule has 0 unspecified atom stereocenters. The third kappa shape index (κ3) is 1.84. The molecule has 0 saturated heterocycles. The van der Waals surface area contributed by atoms with Crippen molar-refractivity contribution in [2.45, 2.75) is 0 Å². The smallest absolute Gasteiger partial charge is 0.116 e. The van der Waals surface area contributed by atoms with Crippen LogP contribution in [0.4, 0.5) is 5.69 Å². The molecule has 0 aliphatic heterocycles. The van der Waals surface area contributed by atoms with Gasteiger partial charge in [-0.15, -0.1) is 12.4 Å². The Morgan fingerprint density at radius 3 is 2.38 bits per heavy atom. The van der Waals surface area contributed by atoms with Crippen molar-refractivity contribution < 1.29 is 5.11 Å². The number of anilines is 1. The molecule has 0 atom stereocenters. The van der Waals surface area contributed by atoms with E-state index in [1.807, 2.05) is 24.3 Å². The van der Waals surface area contributed by atoms with Crippen molar-refractivity contribution in [3.63, 3.8) is 0 Å². The fraction of sp³-hybridized carbons (Fsp3) is 0. The molecule has 2 aromatic carbocycles. The second-order valence-corrected chi connectivity index (χ2v) is 2.79. The molecule has 0 aromatic heterocycles. The Labute approximate surface area is 82.4 Å². The van der Waals surface area contributed by atoms with Gasteiger partial charge in [0, 0.05) is 5.69 Å². The van der Waals surface area contributed by atoms with Crippen LogP contribution in [0.2, 0.25) is 0 Å². The number of benzene rings is 2. The topological polar surface area (TPSA) is 46.2 Å². The SMILES string of the molecule is Cl.Nc1ccc2ccc(O)cc2c1. The number of hydrogen-bond donors (Lipinski definition) is 2. The fourth-order valence-electron chi connectivity index (χ4n) is 1.25. The highest BCUT2D eigenvalue weighted by molar-refractivity contribution is 5.86. The number of aromatic hydroxyl groups is 1. The average Bonchev–Trinajstić information content (AvgIpc) is 2.03. The Morgan fingerprint density at radius 1 is 0.923 bits per heavy atom. The standard InChI is InChI=1S/C10H9NO.ClH/c11-9-3-1-7-2-4-10(12)6-8(7)5-9;/h1-6,12H,11H2;1H. The molecule has 13 heavy (non-hydrogen) atoms. The minimum absolute atomic E-state index is 0. The molecule has 0 heterocycles. The molecule has 0 bridgehead atoms. The van der Waals surface area contributed by atoms with Gasteiger partial charge in [-0.2, -0.15) is 0 Å². The zero-order valence-electron chi connectivity index (χ0n) is 6.90. The average molecular weight is 196 g/mol. The predicted molar refractivity (Wildman–Crippen MR) is 57.3 cm³/mol. The minimum Gasteiger partial charge on any atom is -0.508 e. The number of phenolic OH excluding ortho intramolecular Hbond substituents is 1. The van der Waals surface area contributed by atoms with E-state index < -0.39 is 0 Å². The molecule has 0 fully saturated rings. The van der Waals surface area contributed by atoms with E-state index in [1.54, 1.807) is 12.1 Å². The lowest BCUT2D eigenvalue weighted by Crippen LogP contribution is -1.82. The first kappa shape index (κ1) is 9.68. The Balaban J connectivity index is 0.000000845. The zero-order chi connectivity index (χ0) is 8.55. The van der Waals surface area contributed by atoms with Gasteiger partial charge in [0.15, 0.2) is 0 Å². The second-order valence-electron chi connectivity index (χ2n) is 2.79. The summed E-state index contributed by atoms with van der Waals surface area (Å²) in [5.74, 6) is 0.271. The highest BCUT2D eigenvalue weighted by Gasteiger charge is 1.94. The number of hydrogen-bond acceptors (Lipinski definition) is 2. The maximum absolute atomic E-state index is 9.18. The van der Waals surface area contributed by atoms with Crippen LogP contribution in [0.3, 0.4) is 0 Å². The van der Waals surface area contributed by atoms with E-state index in [0.717, 1.165) is 10.8 Å². The molecule has 3 N–H and O–H groups in total. The van der Waals surface area contributed by atoms with Crippen LogP contribution in [0.1, 0.15) is 0 Å². The summed E-state index contributed by atoms with van der Waals surface area (Å²) >= 11 is 0. The molecule has 68 valence electrons. The van der Waals surface area contributed by atoms with E-state index in [9.17, 15) is 5.11 Å². The quantitative estimate of drug-likeness (QED) is 0.635. The van der Waals surface area contributed by atoms with Gasteiger partial charge in [-0.05, 0) is 35.0 Å². The molecule has 2 nitrogen and oxygen atoms in total. The summed E-state index contributed by atoms with van der Waals surface area (Å²) in [6.07, 6.45) is 0. The summed E-state index contributed by atoms with van der Waals surface area (Å²) in [6, 6.07) is 10.9. The maximum atomic E-state index is 9.18.